The summed E-state index contributed by atoms with van der Waals surface area (Å²) in [5.41, 5.74) is 4.22. The summed E-state index contributed by atoms with van der Waals surface area (Å²) >= 11 is 1.36. The van der Waals surface area contributed by atoms with Gasteiger partial charge in [0.15, 0.2) is 16.8 Å². The molecule has 2 heterocycles. The Morgan fingerprint density at radius 2 is 1.84 bits per heavy atom. The minimum Gasteiger partial charge on any atom is -0.301 e. The van der Waals surface area contributed by atoms with Crippen LogP contribution in [0.15, 0.2) is 64.5 Å². The summed E-state index contributed by atoms with van der Waals surface area (Å²) in [5, 5.41) is 7.58. The van der Waals surface area contributed by atoms with Gasteiger partial charge in [0.05, 0.1) is 17.1 Å². The van der Waals surface area contributed by atoms with Crippen molar-refractivity contribution in [3.63, 3.8) is 0 Å². The molecule has 2 aromatic heterocycles. The lowest BCUT2D eigenvalue weighted by Crippen LogP contribution is -2.18. The van der Waals surface area contributed by atoms with Crippen molar-refractivity contribution in [2.24, 2.45) is 0 Å². The largest absolute Gasteiger partial charge is 0.301 e. The molecule has 0 amide bonds. The summed E-state index contributed by atoms with van der Waals surface area (Å²) in [4.78, 5) is 20.1. The summed E-state index contributed by atoms with van der Waals surface area (Å²) in [6.45, 7) is 1.94. The summed E-state index contributed by atoms with van der Waals surface area (Å²) in [5.74, 6) is -1.35. The molecule has 0 spiro atoms. The van der Waals surface area contributed by atoms with Crippen LogP contribution in [-0.2, 0) is 18.6 Å². The monoisotopic (exact) mass is 438 g/mol. The first-order chi connectivity index (χ1) is 15.0. The molecule has 4 aromatic rings. The first kappa shape index (κ1) is 21.0. The Morgan fingerprint density at radius 3 is 2.58 bits per heavy atom. The average molecular weight is 439 g/mol. The van der Waals surface area contributed by atoms with Crippen molar-refractivity contribution < 1.29 is 8.78 Å². The third-order valence-electron chi connectivity index (χ3n) is 4.87. The smallest absolute Gasteiger partial charge is 0.254 e. The molecule has 0 saturated heterocycles. The Bertz CT molecular complexity index is 1250. The zero-order valence-corrected chi connectivity index (χ0v) is 17.6. The number of H-pyrrole nitrogens is 2. The van der Waals surface area contributed by atoms with Crippen molar-refractivity contribution >= 4 is 11.8 Å². The van der Waals surface area contributed by atoms with Gasteiger partial charge in [-0.05, 0) is 36.2 Å². The maximum absolute atomic E-state index is 13.5. The van der Waals surface area contributed by atoms with Crippen LogP contribution in [-0.4, -0.2) is 20.2 Å². The zero-order chi connectivity index (χ0) is 21.8. The van der Waals surface area contributed by atoms with E-state index in [4.69, 9.17) is 0 Å². The van der Waals surface area contributed by atoms with Gasteiger partial charge in [0.25, 0.3) is 5.56 Å². The topological polar surface area (TPSA) is 74.4 Å². The quantitative estimate of drug-likeness (QED) is 0.318. The number of rotatable bonds is 7. The molecular formula is C23H20F2N4OS. The molecule has 0 unspecified atom stereocenters. The van der Waals surface area contributed by atoms with E-state index in [0.717, 1.165) is 23.4 Å². The Kier molecular flexibility index (Phi) is 6.27. The molecule has 2 N–H and O–H groups in total. The molecule has 0 fully saturated rings. The predicted molar refractivity (Wildman–Crippen MR) is 117 cm³/mol. The highest BCUT2D eigenvalue weighted by Gasteiger charge is 2.13. The highest BCUT2D eigenvalue weighted by molar-refractivity contribution is 7.98. The Morgan fingerprint density at radius 1 is 1.03 bits per heavy atom. The van der Waals surface area contributed by atoms with Gasteiger partial charge < -0.3 is 4.98 Å². The molecular weight excluding hydrogens is 418 g/mol. The molecule has 2 aromatic carbocycles. The fourth-order valence-electron chi connectivity index (χ4n) is 3.28. The van der Waals surface area contributed by atoms with E-state index in [9.17, 15) is 13.6 Å². The maximum atomic E-state index is 13.5. The van der Waals surface area contributed by atoms with Gasteiger partial charge in [0.1, 0.15) is 0 Å². The van der Waals surface area contributed by atoms with Crippen LogP contribution in [0.2, 0.25) is 0 Å². The summed E-state index contributed by atoms with van der Waals surface area (Å²) < 4.78 is 26.6. The number of nitrogens with zero attached hydrogens (tertiary/aromatic N) is 2. The Hall–Kier alpha value is -3.26. The first-order valence-corrected chi connectivity index (χ1v) is 10.8. The van der Waals surface area contributed by atoms with Gasteiger partial charge in [-0.15, -0.1) is 0 Å². The summed E-state index contributed by atoms with van der Waals surface area (Å²) in [6.07, 6.45) is 1.19. The van der Waals surface area contributed by atoms with Crippen molar-refractivity contribution in [1.82, 2.24) is 20.2 Å². The summed E-state index contributed by atoms with van der Waals surface area (Å²) in [6, 6.07) is 15.4. The van der Waals surface area contributed by atoms with Crippen LogP contribution in [0.25, 0.3) is 11.3 Å². The van der Waals surface area contributed by atoms with Crippen LogP contribution in [0, 0.1) is 11.6 Å². The van der Waals surface area contributed by atoms with Crippen LogP contribution in [0.1, 0.15) is 29.4 Å². The fourth-order valence-corrected chi connectivity index (χ4v) is 4.05. The molecule has 0 radical (unpaired) electrons. The van der Waals surface area contributed by atoms with Gasteiger partial charge in [-0.2, -0.15) is 5.10 Å². The second-order valence-corrected chi connectivity index (χ2v) is 7.97. The number of hydrogen-bond donors (Lipinski definition) is 2. The third kappa shape index (κ3) is 4.91. The van der Waals surface area contributed by atoms with Crippen LogP contribution in [0.5, 0.6) is 0 Å². The van der Waals surface area contributed by atoms with Crippen LogP contribution < -0.4 is 5.56 Å². The second kappa shape index (κ2) is 9.26. The molecule has 0 aliphatic heterocycles. The minimum absolute atomic E-state index is 0.129. The molecule has 0 saturated carbocycles. The molecule has 4 rings (SSSR count). The third-order valence-corrected chi connectivity index (χ3v) is 5.77. The number of aromatic amines is 2. The van der Waals surface area contributed by atoms with E-state index >= 15 is 0 Å². The van der Waals surface area contributed by atoms with Gasteiger partial charge in [-0.1, -0.05) is 49.0 Å². The second-order valence-electron chi connectivity index (χ2n) is 7.00. The van der Waals surface area contributed by atoms with Gasteiger partial charge in [0, 0.05) is 23.3 Å². The van der Waals surface area contributed by atoms with E-state index < -0.39 is 11.6 Å². The number of hydrogen-bond acceptors (Lipinski definition) is 4. The van der Waals surface area contributed by atoms with E-state index in [0.29, 0.717) is 46.3 Å². The van der Waals surface area contributed by atoms with Gasteiger partial charge in [-0.25, -0.2) is 13.8 Å². The number of thioether (sulfide) groups is 1. The average Bonchev–Trinajstić information content (AvgIpc) is 3.24. The van der Waals surface area contributed by atoms with Crippen LogP contribution in [0.3, 0.4) is 0 Å². The molecule has 0 bridgehead atoms. The van der Waals surface area contributed by atoms with Gasteiger partial charge >= 0.3 is 0 Å². The Balaban J connectivity index is 1.51. The summed E-state index contributed by atoms with van der Waals surface area (Å²) in [7, 11) is 0. The first-order valence-electron chi connectivity index (χ1n) is 9.82. The van der Waals surface area contributed by atoms with E-state index in [1.807, 2.05) is 37.3 Å². The van der Waals surface area contributed by atoms with E-state index in [1.54, 1.807) is 6.07 Å². The SMILES string of the molecule is CCc1c(Cc2ccccc2)nc(SCc2cc(-c3ccc(F)c(F)c3)[nH]n2)[nH]c1=O. The number of halogens is 2. The van der Waals surface area contributed by atoms with Crippen LogP contribution in [0.4, 0.5) is 8.78 Å². The predicted octanol–water partition coefficient (Wildman–Crippen LogP) is 4.88. The van der Waals surface area contributed by atoms with Crippen molar-refractivity contribution in [2.75, 3.05) is 0 Å². The molecule has 8 heteroatoms. The van der Waals surface area contributed by atoms with E-state index in [2.05, 4.69) is 20.2 Å². The fraction of sp³-hybridized carbons (Fsp3) is 0.174. The van der Waals surface area contributed by atoms with Crippen molar-refractivity contribution in [1.29, 1.82) is 0 Å². The molecule has 0 atom stereocenters. The molecule has 158 valence electrons. The molecule has 31 heavy (non-hydrogen) atoms. The highest BCUT2D eigenvalue weighted by Crippen LogP contribution is 2.24. The minimum atomic E-state index is -0.910. The lowest BCUT2D eigenvalue weighted by atomic mass is 10.1. The number of benzene rings is 2. The van der Waals surface area contributed by atoms with E-state index in [1.165, 1.54) is 17.8 Å². The van der Waals surface area contributed by atoms with Crippen LogP contribution >= 0.6 is 11.8 Å². The van der Waals surface area contributed by atoms with Crippen molar-refractivity contribution in [3.05, 3.63) is 99.1 Å². The molecule has 5 nitrogen and oxygen atoms in total. The maximum Gasteiger partial charge on any atom is 0.254 e. The molecule has 0 aliphatic carbocycles. The Labute approximate surface area is 182 Å². The lowest BCUT2D eigenvalue weighted by molar-refractivity contribution is 0.509. The van der Waals surface area contributed by atoms with Crippen molar-refractivity contribution in [2.45, 2.75) is 30.7 Å². The van der Waals surface area contributed by atoms with E-state index in [-0.39, 0.29) is 5.56 Å². The van der Waals surface area contributed by atoms with Gasteiger partial charge in [-0.3, -0.25) is 9.89 Å². The van der Waals surface area contributed by atoms with Crippen molar-refractivity contribution in [3.8, 4) is 11.3 Å². The zero-order valence-electron chi connectivity index (χ0n) is 16.8. The number of aromatic nitrogens is 4. The lowest BCUT2D eigenvalue weighted by Gasteiger charge is -2.09. The number of nitrogens with one attached hydrogen (secondary N) is 2. The van der Waals surface area contributed by atoms with Gasteiger partial charge in [0.2, 0.25) is 0 Å². The highest BCUT2D eigenvalue weighted by atomic mass is 32.2. The standard InChI is InChI=1S/C23H20F2N4OS/c1-2-17-21(10-14-6-4-3-5-7-14)26-23(27-22(17)30)31-13-16-12-20(29-28-16)15-8-9-18(24)19(25)11-15/h3-9,11-12H,2,10,13H2,1H3,(H,28,29)(H,26,27,30). The molecule has 0 aliphatic rings. The normalized spacial score (nSPS) is 11.1.